The number of alkyl carbamates (subject to hydrolysis) is 1. The summed E-state index contributed by atoms with van der Waals surface area (Å²) in [4.78, 5) is 31.2. The Morgan fingerprint density at radius 3 is 2.05 bits per heavy atom. The summed E-state index contributed by atoms with van der Waals surface area (Å²) in [5.41, 5.74) is 12.6. The van der Waals surface area contributed by atoms with Gasteiger partial charge in [-0.25, -0.2) is 9.59 Å². The topological polar surface area (TPSA) is 126 Å². The van der Waals surface area contributed by atoms with Crippen molar-refractivity contribution in [3.8, 4) is 5.75 Å². The lowest BCUT2D eigenvalue weighted by atomic mass is 10.0. The van der Waals surface area contributed by atoms with Gasteiger partial charge in [-0.1, -0.05) is 32.3 Å². The zero-order valence-electron chi connectivity index (χ0n) is 23.8. The summed E-state index contributed by atoms with van der Waals surface area (Å²) in [5.74, 6) is 0.497. The van der Waals surface area contributed by atoms with Crippen LogP contribution in [0.2, 0.25) is 0 Å². The van der Waals surface area contributed by atoms with Crippen molar-refractivity contribution in [3.05, 3.63) is 29.3 Å². The van der Waals surface area contributed by atoms with Gasteiger partial charge < -0.3 is 24.2 Å². The van der Waals surface area contributed by atoms with Crippen LogP contribution in [0.15, 0.2) is 18.2 Å². The highest BCUT2D eigenvalue weighted by Crippen LogP contribution is 2.29. The fraction of sp³-hybridized carbons (Fsp3) is 0.704. The number of carbonyl (C=O) groups is 2. The third-order valence-electron chi connectivity index (χ3n) is 5.95. The monoisotopic (exact) mass is 522 g/mol. The Balaban J connectivity index is 2.94. The minimum Gasteiger partial charge on any atom is -0.441 e. The molecule has 0 saturated carbocycles. The van der Waals surface area contributed by atoms with E-state index in [2.05, 4.69) is 22.0 Å². The van der Waals surface area contributed by atoms with Crippen LogP contribution in [0.25, 0.3) is 0 Å². The van der Waals surface area contributed by atoms with Gasteiger partial charge in [0.05, 0.1) is 0 Å². The van der Waals surface area contributed by atoms with Crippen molar-refractivity contribution in [1.29, 1.82) is 0 Å². The first-order valence-electron chi connectivity index (χ1n) is 13.4. The molecule has 5 N–H and O–H groups in total. The van der Waals surface area contributed by atoms with E-state index in [9.17, 15) is 9.59 Å². The maximum atomic E-state index is 13.1. The number of nitrogens with two attached hydrogens (primary N) is 2. The minimum absolute atomic E-state index is 0.350. The molecule has 1 rings (SSSR count). The third-order valence-corrected chi connectivity index (χ3v) is 5.95. The number of nitrogens with one attached hydrogen (secondary N) is 1. The van der Waals surface area contributed by atoms with Crippen molar-refractivity contribution in [2.75, 3.05) is 54.4 Å². The van der Waals surface area contributed by atoms with Gasteiger partial charge in [0, 0.05) is 13.1 Å². The van der Waals surface area contributed by atoms with E-state index < -0.39 is 18.5 Å². The predicted octanol–water partition coefficient (Wildman–Crippen LogP) is 3.64. The number of hydrogen-bond donors (Lipinski definition) is 3. The molecule has 212 valence electrons. The molecule has 37 heavy (non-hydrogen) atoms. The van der Waals surface area contributed by atoms with E-state index in [1.54, 1.807) is 11.0 Å². The molecular formula is C27H50N6O4. The fourth-order valence-corrected chi connectivity index (χ4v) is 3.95. The number of aryl methyl sites for hydroxylation is 1. The maximum Gasteiger partial charge on any atom is 0.415 e. The summed E-state index contributed by atoms with van der Waals surface area (Å²) in [7, 11) is 8.09. The van der Waals surface area contributed by atoms with Crippen LogP contribution in [0.3, 0.4) is 0 Å². The largest absolute Gasteiger partial charge is 0.441 e. The van der Waals surface area contributed by atoms with Crippen LogP contribution in [-0.4, -0.2) is 87.5 Å². The smallest absolute Gasteiger partial charge is 0.415 e. The molecule has 2 amide bonds. The summed E-state index contributed by atoms with van der Waals surface area (Å²) in [5, 5.41) is 2.37. The second-order valence-electron chi connectivity index (χ2n) is 10.1. The van der Waals surface area contributed by atoms with Gasteiger partial charge in [0.1, 0.15) is 18.1 Å². The van der Waals surface area contributed by atoms with Gasteiger partial charge in [-0.3, -0.25) is 16.8 Å². The van der Waals surface area contributed by atoms with Crippen molar-refractivity contribution in [2.24, 2.45) is 11.5 Å². The Morgan fingerprint density at radius 2 is 1.54 bits per heavy atom. The van der Waals surface area contributed by atoms with E-state index in [0.717, 1.165) is 62.7 Å². The molecule has 0 heterocycles. The molecule has 0 spiro atoms. The van der Waals surface area contributed by atoms with E-state index in [1.807, 2.05) is 47.2 Å². The SMILES string of the molecule is CCCCCCC(OC(=O)NC(N)N)c1ccc(OC(=O)N(CCCN(C)C)CCCN(C)C)c(C)c1. The zero-order valence-corrected chi connectivity index (χ0v) is 23.8. The molecule has 0 aliphatic carbocycles. The Kier molecular flexibility index (Phi) is 15.8. The summed E-state index contributed by atoms with van der Waals surface area (Å²) in [6, 6.07) is 5.53. The summed E-state index contributed by atoms with van der Waals surface area (Å²) in [6.45, 7) is 7.10. The lowest BCUT2D eigenvalue weighted by Crippen LogP contribution is -2.48. The first kappa shape index (κ1) is 32.6. The lowest BCUT2D eigenvalue weighted by molar-refractivity contribution is 0.0881. The number of ether oxygens (including phenoxy) is 2. The molecule has 0 radical (unpaired) electrons. The molecule has 1 aromatic carbocycles. The molecule has 0 fully saturated rings. The first-order chi connectivity index (χ1) is 17.5. The molecular weight excluding hydrogens is 472 g/mol. The van der Waals surface area contributed by atoms with Gasteiger partial charge in [-0.05, 0) is 97.1 Å². The first-order valence-corrected chi connectivity index (χ1v) is 13.4. The van der Waals surface area contributed by atoms with Gasteiger partial charge in [0.15, 0.2) is 0 Å². The molecule has 0 saturated heterocycles. The number of amides is 2. The molecule has 0 aliphatic rings. The van der Waals surface area contributed by atoms with Crippen molar-refractivity contribution < 1.29 is 19.1 Å². The molecule has 0 bridgehead atoms. The second-order valence-corrected chi connectivity index (χ2v) is 10.1. The van der Waals surface area contributed by atoms with Crippen LogP contribution in [0.1, 0.15) is 69.1 Å². The highest BCUT2D eigenvalue weighted by molar-refractivity contribution is 5.71. The van der Waals surface area contributed by atoms with Gasteiger partial charge in [0.2, 0.25) is 0 Å². The maximum absolute atomic E-state index is 13.1. The molecule has 0 aromatic heterocycles. The van der Waals surface area contributed by atoms with E-state index in [0.29, 0.717) is 25.3 Å². The molecule has 1 aromatic rings. The Labute approximate surface area is 223 Å². The van der Waals surface area contributed by atoms with E-state index >= 15 is 0 Å². The van der Waals surface area contributed by atoms with Crippen LogP contribution in [0.5, 0.6) is 5.75 Å². The highest BCUT2D eigenvalue weighted by atomic mass is 16.6. The highest BCUT2D eigenvalue weighted by Gasteiger charge is 2.21. The molecule has 1 atom stereocenters. The number of unbranched alkanes of at least 4 members (excludes halogenated alkanes) is 3. The van der Waals surface area contributed by atoms with Crippen LogP contribution < -0.4 is 21.5 Å². The van der Waals surface area contributed by atoms with Gasteiger partial charge in [-0.2, -0.15) is 0 Å². The van der Waals surface area contributed by atoms with E-state index in [1.165, 1.54) is 0 Å². The van der Waals surface area contributed by atoms with Gasteiger partial charge >= 0.3 is 12.2 Å². The van der Waals surface area contributed by atoms with Gasteiger partial charge in [-0.15, -0.1) is 0 Å². The number of nitrogens with zero attached hydrogens (tertiary/aromatic N) is 3. The number of hydrogen-bond acceptors (Lipinski definition) is 8. The van der Waals surface area contributed by atoms with Crippen LogP contribution in [-0.2, 0) is 4.74 Å². The number of benzene rings is 1. The summed E-state index contributed by atoms with van der Waals surface area (Å²) >= 11 is 0. The standard InChI is InChI=1S/C27H50N6O4/c1-7-8-9-10-13-24(36-26(34)30-25(28)29)22-14-15-23(21(2)20-22)37-27(35)33(18-11-16-31(3)4)19-12-17-32(5)6/h14-15,20,24-25H,7-13,16-19,28-29H2,1-6H3,(H,30,34). The quantitative estimate of drug-likeness (QED) is 0.209. The van der Waals surface area contributed by atoms with Crippen molar-refractivity contribution in [1.82, 2.24) is 20.0 Å². The number of carbonyl (C=O) groups excluding carboxylic acids is 2. The lowest BCUT2D eigenvalue weighted by Gasteiger charge is -2.24. The van der Waals surface area contributed by atoms with Gasteiger partial charge in [0.25, 0.3) is 0 Å². The average Bonchev–Trinajstić information content (AvgIpc) is 2.80. The van der Waals surface area contributed by atoms with E-state index in [4.69, 9.17) is 20.9 Å². The minimum atomic E-state index is -0.991. The summed E-state index contributed by atoms with van der Waals surface area (Å²) in [6.07, 6.45) is 4.19. The summed E-state index contributed by atoms with van der Waals surface area (Å²) < 4.78 is 11.4. The Hall–Kier alpha value is -2.40. The normalized spacial score (nSPS) is 12.2. The molecule has 0 aliphatic heterocycles. The van der Waals surface area contributed by atoms with E-state index in [-0.39, 0.29) is 6.09 Å². The van der Waals surface area contributed by atoms with Crippen molar-refractivity contribution in [3.63, 3.8) is 0 Å². The second kappa shape index (κ2) is 18.0. The Morgan fingerprint density at radius 1 is 0.919 bits per heavy atom. The van der Waals surface area contributed by atoms with Crippen LogP contribution >= 0.6 is 0 Å². The fourth-order valence-electron chi connectivity index (χ4n) is 3.95. The zero-order chi connectivity index (χ0) is 27.8. The average molecular weight is 523 g/mol. The molecule has 1 unspecified atom stereocenters. The molecule has 10 nitrogen and oxygen atoms in total. The Bertz CT molecular complexity index is 789. The van der Waals surface area contributed by atoms with Crippen molar-refractivity contribution in [2.45, 2.75) is 71.2 Å². The van der Waals surface area contributed by atoms with Crippen LogP contribution in [0.4, 0.5) is 9.59 Å². The van der Waals surface area contributed by atoms with Crippen molar-refractivity contribution >= 4 is 12.2 Å². The predicted molar refractivity (Wildman–Crippen MR) is 148 cm³/mol. The number of rotatable bonds is 17. The van der Waals surface area contributed by atoms with Crippen LogP contribution in [0, 0.1) is 6.92 Å². The molecule has 10 heteroatoms. The third kappa shape index (κ3) is 14.2.